The molecule has 0 aliphatic rings. The number of nitrogens with one attached hydrogen (secondary N) is 1. The number of aryl methyl sites for hydroxylation is 1. The van der Waals surface area contributed by atoms with Crippen molar-refractivity contribution in [3.8, 4) is 0 Å². The molecule has 1 amide bonds. The van der Waals surface area contributed by atoms with Crippen molar-refractivity contribution < 1.29 is 4.79 Å². The molecule has 1 N–H and O–H groups in total. The number of benzene rings is 3. The number of carbonyl (C=O) groups is 1. The Balaban J connectivity index is 1.29. The summed E-state index contributed by atoms with van der Waals surface area (Å²) in [5.74, 6) is 0.769. The Hall–Kier alpha value is -3.90. The molecule has 5 rings (SSSR count). The van der Waals surface area contributed by atoms with Gasteiger partial charge in [0.25, 0.3) is 5.91 Å². The Kier molecular flexibility index (Phi) is 6.91. The zero-order valence-corrected chi connectivity index (χ0v) is 20.3. The number of amides is 1. The molecule has 6 heteroatoms. The first-order valence-corrected chi connectivity index (χ1v) is 12.5. The highest BCUT2D eigenvalue weighted by atomic mass is 32.2. The molecule has 0 spiro atoms. The highest BCUT2D eigenvalue weighted by molar-refractivity contribution is 7.98. The Morgan fingerprint density at radius 1 is 0.886 bits per heavy atom. The monoisotopic (exact) mass is 478 g/mol. The molecule has 2 heterocycles. The van der Waals surface area contributed by atoms with E-state index in [2.05, 4.69) is 58.2 Å². The zero-order chi connectivity index (χ0) is 24.0. The number of thioether (sulfide) groups is 1. The summed E-state index contributed by atoms with van der Waals surface area (Å²) in [4.78, 5) is 21.8. The lowest BCUT2D eigenvalue weighted by atomic mass is 10.1. The van der Waals surface area contributed by atoms with Gasteiger partial charge < -0.3 is 9.88 Å². The smallest absolute Gasteiger partial charge is 0.251 e. The van der Waals surface area contributed by atoms with Gasteiger partial charge in [-0.1, -0.05) is 84.1 Å². The number of carbonyl (C=O) groups excluding carboxylic acids is 1. The van der Waals surface area contributed by atoms with E-state index in [1.807, 2.05) is 54.7 Å². The molecule has 3 aromatic carbocycles. The second kappa shape index (κ2) is 10.6. The molecule has 0 fully saturated rings. The average Bonchev–Trinajstić information content (AvgIpc) is 3.25. The fraction of sp³-hybridized carbons (Fsp3) is 0.138. The van der Waals surface area contributed by atoms with E-state index in [9.17, 15) is 4.79 Å². The average molecular weight is 479 g/mol. The number of fused-ring (bicyclic) bond motifs is 1. The van der Waals surface area contributed by atoms with E-state index < -0.39 is 0 Å². The molecule has 2 aromatic heterocycles. The van der Waals surface area contributed by atoms with Gasteiger partial charge in [-0.05, 0) is 41.8 Å². The second-order valence-electron chi connectivity index (χ2n) is 8.48. The van der Waals surface area contributed by atoms with Crippen LogP contribution in [0.4, 0.5) is 0 Å². The van der Waals surface area contributed by atoms with E-state index in [0.29, 0.717) is 18.7 Å². The van der Waals surface area contributed by atoms with Crippen LogP contribution in [-0.2, 0) is 18.8 Å². The van der Waals surface area contributed by atoms with E-state index in [0.717, 1.165) is 33.1 Å². The molecule has 0 unspecified atom stereocenters. The fourth-order valence-corrected chi connectivity index (χ4v) is 4.84. The van der Waals surface area contributed by atoms with Crippen molar-refractivity contribution in [3.63, 3.8) is 0 Å². The fourth-order valence-electron chi connectivity index (χ4n) is 3.87. The van der Waals surface area contributed by atoms with Crippen LogP contribution in [0.25, 0.3) is 11.0 Å². The minimum atomic E-state index is -0.0755. The summed E-state index contributed by atoms with van der Waals surface area (Å²) in [5.41, 5.74) is 7.24. The molecule has 0 radical (unpaired) electrons. The number of imidazole rings is 1. The van der Waals surface area contributed by atoms with Crippen molar-refractivity contribution >= 4 is 28.7 Å². The van der Waals surface area contributed by atoms with Crippen LogP contribution in [0.2, 0.25) is 0 Å². The van der Waals surface area contributed by atoms with Gasteiger partial charge in [0.05, 0.1) is 23.8 Å². The third kappa shape index (κ3) is 5.61. The summed E-state index contributed by atoms with van der Waals surface area (Å²) in [7, 11) is 0. The lowest BCUT2D eigenvalue weighted by Gasteiger charge is -2.10. The Morgan fingerprint density at radius 3 is 2.40 bits per heavy atom. The first-order chi connectivity index (χ1) is 17.2. The van der Waals surface area contributed by atoms with Crippen LogP contribution in [0.5, 0.6) is 0 Å². The maximum atomic E-state index is 12.6. The van der Waals surface area contributed by atoms with E-state index in [-0.39, 0.29) is 5.91 Å². The van der Waals surface area contributed by atoms with E-state index >= 15 is 0 Å². The summed E-state index contributed by atoms with van der Waals surface area (Å²) in [5, 5.41) is 3.95. The molecule has 0 aliphatic heterocycles. The summed E-state index contributed by atoms with van der Waals surface area (Å²) in [6.45, 7) is 3.22. The van der Waals surface area contributed by atoms with Gasteiger partial charge in [0.1, 0.15) is 0 Å². The van der Waals surface area contributed by atoms with Crippen molar-refractivity contribution in [2.75, 3.05) is 0 Å². The molecule has 0 saturated heterocycles. The van der Waals surface area contributed by atoms with Crippen LogP contribution in [0, 0.1) is 6.92 Å². The highest BCUT2D eigenvalue weighted by Gasteiger charge is 2.13. The van der Waals surface area contributed by atoms with Gasteiger partial charge >= 0.3 is 0 Å². The number of hydrogen-bond acceptors (Lipinski definition) is 4. The van der Waals surface area contributed by atoms with Crippen molar-refractivity contribution in [1.82, 2.24) is 19.9 Å². The first-order valence-electron chi connectivity index (χ1n) is 11.6. The van der Waals surface area contributed by atoms with Crippen LogP contribution in [0.1, 0.15) is 32.6 Å². The van der Waals surface area contributed by atoms with E-state index in [1.54, 1.807) is 18.0 Å². The van der Waals surface area contributed by atoms with Crippen molar-refractivity contribution in [2.24, 2.45) is 0 Å². The maximum Gasteiger partial charge on any atom is 0.251 e. The zero-order valence-electron chi connectivity index (χ0n) is 19.5. The van der Waals surface area contributed by atoms with E-state index in [1.165, 1.54) is 11.1 Å². The molecule has 0 aliphatic carbocycles. The summed E-state index contributed by atoms with van der Waals surface area (Å²) in [6.07, 6.45) is 3.64. The normalized spacial score (nSPS) is 11.0. The standard InChI is InChI=1S/C29H26N4OS/c1-21-7-9-22(10-8-21)17-31-28(34)25-13-11-23(12-14-25)19-33-27-18-30-16-15-26(27)32-29(33)35-20-24-5-3-2-4-6-24/h2-16,18H,17,19-20H2,1H3,(H,31,34). The molecule has 0 bridgehead atoms. The minimum Gasteiger partial charge on any atom is -0.348 e. The van der Waals surface area contributed by atoms with Gasteiger partial charge in [0, 0.05) is 24.1 Å². The van der Waals surface area contributed by atoms with Gasteiger partial charge in [-0.3, -0.25) is 9.78 Å². The first kappa shape index (κ1) is 22.9. The quantitative estimate of drug-likeness (QED) is 0.278. The van der Waals surface area contributed by atoms with Crippen LogP contribution in [0.3, 0.4) is 0 Å². The molecule has 0 saturated carbocycles. The highest BCUT2D eigenvalue weighted by Crippen LogP contribution is 2.27. The van der Waals surface area contributed by atoms with E-state index in [4.69, 9.17) is 4.98 Å². The Morgan fingerprint density at radius 2 is 1.63 bits per heavy atom. The number of rotatable bonds is 8. The van der Waals surface area contributed by atoms with Gasteiger partial charge in [0.2, 0.25) is 0 Å². The number of aromatic nitrogens is 3. The molecule has 5 nitrogen and oxygen atoms in total. The molecule has 0 atom stereocenters. The van der Waals surface area contributed by atoms with Crippen molar-refractivity contribution in [3.05, 3.63) is 125 Å². The molecule has 35 heavy (non-hydrogen) atoms. The van der Waals surface area contributed by atoms with Crippen LogP contribution in [0.15, 0.2) is 102 Å². The summed E-state index contributed by atoms with van der Waals surface area (Å²) >= 11 is 1.72. The minimum absolute atomic E-state index is 0.0755. The molecule has 174 valence electrons. The largest absolute Gasteiger partial charge is 0.348 e. The topological polar surface area (TPSA) is 59.8 Å². The predicted octanol–water partition coefficient (Wildman–Crippen LogP) is 6.01. The second-order valence-corrected chi connectivity index (χ2v) is 9.43. The van der Waals surface area contributed by atoms with Crippen LogP contribution < -0.4 is 5.32 Å². The third-order valence-corrected chi connectivity index (χ3v) is 6.90. The Labute approximate surface area is 209 Å². The van der Waals surface area contributed by atoms with Gasteiger partial charge in [-0.2, -0.15) is 0 Å². The lowest BCUT2D eigenvalue weighted by Crippen LogP contribution is -2.22. The Bertz CT molecular complexity index is 1430. The van der Waals surface area contributed by atoms with Crippen LogP contribution in [-0.4, -0.2) is 20.4 Å². The van der Waals surface area contributed by atoms with Crippen molar-refractivity contribution in [2.45, 2.75) is 30.9 Å². The molecular formula is C29H26N4OS. The van der Waals surface area contributed by atoms with Gasteiger partial charge in [-0.25, -0.2) is 4.98 Å². The SMILES string of the molecule is Cc1ccc(CNC(=O)c2ccc(Cn3c(SCc4ccccc4)nc4ccncc43)cc2)cc1. The maximum absolute atomic E-state index is 12.6. The summed E-state index contributed by atoms with van der Waals surface area (Å²) < 4.78 is 2.20. The molecule has 5 aromatic rings. The third-order valence-electron chi connectivity index (χ3n) is 5.86. The predicted molar refractivity (Wildman–Crippen MR) is 141 cm³/mol. The lowest BCUT2D eigenvalue weighted by molar-refractivity contribution is 0.0951. The van der Waals surface area contributed by atoms with Gasteiger partial charge in [-0.15, -0.1) is 0 Å². The number of hydrogen-bond donors (Lipinski definition) is 1. The van der Waals surface area contributed by atoms with Crippen molar-refractivity contribution in [1.29, 1.82) is 0 Å². The number of nitrogens with zero attached hydrogens (tertiary/aromatic N) is 3. The van der Waals surface area contributed by atoms with Crippen LogP contribution >= 0.6 is 11.8 Å². The molecular weight excluding hydrogens is 452 g/mol. The number of pyridine rings is 1. The summed E-state index contributed by atoms with van der Waals surface area (Å²) in [6, 6.07) is 28.3. The van der Waals surface area contributed by atoms with Gasteiger partial charge in [0.15, 0.2) is 5.16 Å².